The van der Waals surface area contributed by atoms with Gasteiger partial charge in [-0.3, -0.25) is 4.68 Å². The lowest BCUT2D eigenvalue weighted by molar-refractivity contribution is 0.627. The van der Waals surface area contributed by atoms with E-state index >= 15 is 0 Å². The van der Waals surface area contributed by atoms with Crippen LogP contribution in [0.25, 0.3) is 0 Å². The molecule has 0 saturated heterocycles. The van der Waals surface area contributed by atoms with Crippen molar-refractivity contribution in [3.05, 3.63) is 48.3 Å². The number of hydrogen-bond donors (Lipinski definition) is 0. The van der Waals surface area contributed by atoms with Crippen molar-refractivity contribution >= 4 is 9.52 Å². The van der Waals surface area contributed by atoms with E-state index in [-0.39, 0.29) is 15.3 Å². The molecule has 1 aromatic heterocycles. The summed E-state index contributed by atoms with van der Waals surface area (Å²) < 4.78 is 14.5. The van der Waals surface area contributed by atoms with Gasteiger partial charge in [0, 0.05) is 6.17 Å². The molecule has 2 rings (SSSR count). The minimum absolute atomic E-state index is 0.170. The van der Waals surface area contributed by atoms with Crippen LogP contribution in [0.1, 0.15) is 5.56 Å². The molecule has 3 nitrogen and oxygen atoms in total. The smallest absolute Gasteiger partial charge is 0.137 e. The summed E-state index contributed by atoms with van der Waals surface area (Å²) in [6, 6.07) is 7.80. The molecular formula is C10H12FN3Si. The number of aromatic nitrogens is 3. The zero-order chi connectivity index (χ0) is 10.5. The number of rotatable bonds is 4. The largest absolute Gasteiger partial charge is 0.257 e. The van der Waals surface area contributed by atoms with E-state index in [0.717, 1.165) is 12.2 Å². The molecular weight excluding hydrogens is 209 g/mol. The molecule has 1 aromatic carbocycles. The second-order valence-electron chi connectivity index (χ2n) is 3.39. The van der Waals surface area contributed by atoms with Crippen molar-refractivity contribution < 1.29 is 4.39 Å². The summed E-state index contributed by atoms with van der Waals surface area (Å²) in [5.74, 6) is -0.170. The lowest BCUT2D eigenvalue weighted by atomic mass is 10.2. The molecule has 0 aliphatic carbocycles. The van der Waals surface area contributed by atoms with Crippen molar-refractivity contribution in [2.45, 2.75) is 12.2 Å². The third-order valence-electron chi connectivity index (χ3n) is 2.23. The summed E-state index contributed by atoms with van der Waals surface area (Å²) in [6.45, 7) is 0. The molecule has 0 spiro atoms. The van der Waals surface area contributed by atoms with Gasteiger partial charge < -0.3 is 0 Å². The maximum Gasteiger partial charge on any atom is 0.137 e. The van der Waals surface area contributed by atoms with Crippen LogP contribution in [0.5, 0.6) is 0 Å². The van der Waals surface area contributed by atoms with Crippen LogP contribution in [-0.4, -0.2) is 24.3 Å². The van der Waals surface area contributed by atoms with Crippen LogP contribution in [-0.2, 0) is 12.2 Å². The Labute approximate surface area is 89.8 Å². The first-order chi connectivity index (χ1) is 7.34. The molecule has 0 atom stereocenters. The fourth-order valence-corrected chi connectivity index (χ4v) is 2.90. The molecule has 0 amide bonds. The molecule has 0 fully saturated rings. The lowest BCUT2D eigenvalue weighted by Gasteiger charge is -2.00. The van der Waals surface area contributed by atoms with Crippen molar-refractivity contribution in [3.63, 3.8) is 0 Å². The van der Waals surface area contributed by atoms with Crippen LogP contribution in [0.15, 0.2) is 36.9 Å². The molecule has 2 aromatic rings. The molecule has 0 N–H and O–H groups in total. The second kappa shape index (κ2) is 4.84. The van der Waals surface area contributed by atoms with E-state index in [1.54, 1.807) is 12.7 Å². The van der Waals surface area contributed by atoms with E-state index in [4.69, 9.17) is 0 Å². The van der Waals surface area contributed by atoms with E-state index in [9.17, 15) is 4.39 Å². The van der Waals surface area contributed by atoms with Crippen LogP contribution in [0, 0.1) is 5.82 Å². The summed E-state index contributed by atoms with van der Waals surface area (Å²) in [7, 11) is -0.230. The van der Waals surface area contributed by atoms with E-state index in [2.05, 4.69) is 10.1 Å². The average Bonchev–Trinajstić information content (AvgIpc) is 2.74. The van der Waals surface area contributed by atoms with Crippen LogP contribution in [0.2, 0.25) is 0 Å². The molecule has 78 valence electrons. The quantitative estimate of drug-likeness (QED) is 0.713. The Morgan fingerprint density at radius 2 is 2.07 bits per heavy atom. The Morgan fingerprint density at radius 3 is 2.73 bits per heavy atom. The second-order valence-corrected chi connectivity index (χ2v) is 5.04. The van der Waals surface area contributed by atoms with Gasteiger partial charge >= 0.3 is 0 Å². The Hall–Kier alpha value is -1.49. The highest BCUT2D eigenvalue weighted by Crippen LogP contribution is 2.02. The van der Waals surface area contributed by atoms with Gasteiger partial charge in [-0.1, -0.05) is 17.7 Å². The fraction of sp³-hybridized carbons (Fsp3) is 0.200. The van der Waals surface area contributed by atoms with Gasteiger partial charge in [-0.15, -0.1) is 0 Å². The Kier molecular flexibility index (Phi) is 3.24. The van der Waals surface area contributed by atoms with Gasteiger partial charge in [0.25, 0.3) is 0 Å². The van der Waals surface area contributed by atoms with E-state index in [0.29, 0.717) is 0 Å². The Balaban J connectivity index is 1.81. The SMILES string of the molecule is Fc1ccc(C[SiH2]Cn2cncn2)cc1. The standard InChI is InChI=1S/C10H12FN3Si/c11-10-3-1-9(2-4-10)5-15-8-14-7-12-6-13-14/h1-4,6-7H,5,8,15H2. The van der Waals surface area contributed by atoms with Gasteiger partial charge in [0.15, 0.2) is 0 Å². The highest BCUT2D eigenvalue weighted by molar-refractivity contribution is 6.33. The van der Waals surface area contributed by atoms with Gasteiger partial charge in [-0.25, -0.2) is 9.37 Å². The van der Waals surface area contributed by atoms with E-state index < -0.39 is 0 Å². The molecule has 1 heterocycles. The average molecular weight is 221 g/mol. The molecule has 0 aliphatic heterocycles. The molecule has 0 radical (unpaired) electrons. The predicted molar refractivity (Wildman–Crippen MR) is 58.7 cm³/mol. The van der Waals surface area contributed by atoms with Gasteiger partial charge in [-0.05, 0) is 18.2 Å². The third-order valence-corrected chi connectivity index (χ3v) is 3.94. The first kappa shape index (κ1) is 10.0. The highest BCUT2D eigenvalue weighted by Gasteiger charge is 1.96. The minimum Gasteiger partial charge on any atom is -0.257 e. The van der Waals surface area contributed by atoms with Gasteiger partial charge in [0.2, 0.25) is 0 Å². The van der Waals surface area contributed by atoms with Gasteiger partial charge in [0.05, 0.1) is 9.52 Å². The van der Waals surface area contributed by atoms with Crippen LogP contribution >= 0.6 is 0 Å². The Morgan fingerprint density at radius 1 is 1.27 bits per heavy atom. The molecule has 15 heavy (non-hydrogen) atoms. The van der Waals surface area contributed by atoms with Crippen LogP contribution < -0.4 is 0 Å². The maximum absolute atomic E-state index is 12.6. The van der Waals surface area contributed by atoms with E-state index in [1.165, 1.54) is 17.7 Å². The van der Waals surface area contributed by atoms with Crippen molar-refractivity contribution in [3.8, 4) is 0 Å². The van der Waals surface area contributed by atoms with Crippen molar-refractivity contribution in [2.24, 2.45) is 0 Å². The van der Waals surface area contributed by atoms with Crippen molar-refractivity contribution in [2.75, 3.05) is 0 Å². The number of benzene rings is 1. The van der Waals surface area contributed by atoms with Gasteiger partial charge in [-0.2, -0.15) is 5.10 Å². The Bertz CT molecular complexity index is 399. The van der Waals surface area contributed by atoms with Crippen molar-refractivity contribution in [1.29, 1.82) is 0 Å². The summed E-state index contributed by atoms with van der Waals surface area (Å²) in [5.41, 5.74) is 1.21. The highest BCUT2D eigenvalue weighted by atomic mass is 28.2. The topological polar surface area (TPSA) is 30.7 Å². The number of halogens is 1. The zero-order valence-electron chi connectivity index (χ0n) is 8.31. The predicted octanol–water partition coefficient (Wildman–Crippen LogP) is 0.744. The number of nitrogens with zero attached hydrogens (tertiary/aromatic N) is 3. The normalized spacial score (nSPS) is 11.3. The van der Waals surface area contributed by atoms with Crippen LogP contribution in [0.3, 0.4) is 0 Å². The van der Waals surface area contributed by atoms with Gasteiger partial charge in [0.1, 0.15) is 18.5 Å². The monoisotopic (exact) mass is 221 g/mol. The summed E-state index contributed by atoms with van der Waals surface area (Å²) in [4.78, 5) is 3.88. The third kappa shape index (κ3) is 2.98. The summed E-state index contributed by atoms with van der Waals surface area (Å²) in [5, 5.41) is 4.04. The van der Waals surface area contributed by atoms with Crippen molar-refractivity contribution in [1.82, 2.24) is 14.8 Å². The van der Waals surface area contributed by atoms with E-state index in [1.807, 2.05) is 16.8 Å². The fourth-order valence-electron chi connectivity index (χ4n) is 1.44. The number of hydrogen-bond acceptors (Lipinski definition) is 2. The summed E-state index contributed by atoms with van der Waals surface area (Å²) in [6.07, 6.45) is 4.27. The lowest BCUT2D eigenvalue weighted by Crippen LogP contribution is -2.09. The molecule has 0 bridgehead atoms. The van der Waals surface area contributed by atoms with Crippen LogP contribution in [0.4, 0.5) is 4.39 Å². The first-order valence-corrected chi connectivity index (χ1v) is 6.91. The zero-order valence-corrected chi connectivity index (χ0v) is 9.72. The molecule has 0 saturated carbocycles. The maximum atomic E-state index is 12.6. The molecule has 0 unspecified atom stereocenters. The minimum atomic E-state index is -0.230. The molecule has 5 heteroatoms. The first-order valence-electron chi connectivity index (χ1n) is 4.91. The summed E-state index contributed by atoms with van der Waals surface area (Å²) >= 11 is 0. The molecule has 0 aliphatic rings.